The average molecular weight is 454 g/mol. The number of aromatic nitrogens is 4. The summed E-state index contributed by atoms with van der Waals surface area (Å²) in [5.41, 5.74) is 4.38. The fourth-order valence-electron chi connectivity index (χ4n) is 4.05. The Bertz CT molecular complexity index is 1390. The molecule has 9 heteroatoms. The quantitative estimate of drug-likeness (QED) is 0.593. The van der Waals surface area contributed by atoms with Crippen molar-refractivity contribution in [2.45, 2.75) is 38.0 Å². The molecule has 1 amide bonds. The molecule has 1 aliphatic carbocycles. The standard InChI is InChI=1S/C25H23N7O2/c26-10-20-13-29-25(31-24(20)34)32-15-21(14-30-32)23(33)28-12-16-4-9-22(27-11-16)19-7-5-18(6-8-19)17-2-1-3-17/h5-8,11,13-15,17H,1-4,9,12H2,(H,28,33)(H,29,31,34). The van der Waals surface area contributed by atoms with Gasteiger partial charge in [0.05, 0.1) is 18.0 Å². The summed E-state index contributed by atoms with van der Waals surface area (Å²) >= 11 is 0. The summed E-state index contributed by atoms with van der Waals surface area (Å²) in [6.45, 7) is 0.396. The van der Waals surface area contributed by atoms with E-state index < -0.39 is 5.56 Å². The number of benzene rings is 1. The fraction of sp³-hybridized carbons (Fsp3) is 0.280. The second kappa shape index (κ2) is 9.27. The highest BCUT2D eigenvalue weighted by atomic mass is 16.1. The largest absolute Gasteiger partial charge is 0.348 e. The van der Waals surface area contributed by atoms with Crippen LogP contribution >= 0.6 is 0 Å². The maximum atomic E-state index is 12.5. The number of hydrogen-bond donors (Lipinski definition) is 2. The highest BCUT2D eigenvalue weighted by Gasteiger charge is 2.19. The van der Waals surface area contributed by atoms with Crippen LogP contribution in [0.5, 0.6) is 0 Å². The third-order valence-electron chi connectivity index (χ3n) is 6.35. The van der Waals surface area contributed by atoms with Crippen molar-refractivity contribution in [3.63, 3.8) is 0 Å². The Balaban J connectivity index is 1.19. The molecular weight excluding hydrogens is 430 g/mol. The van der Waals surface area contributed by atoms with Gasteiger partial charge in [-0.15, -0.1) is 0 Å². The second-order valence-electron chi connectivity index (χ2n) is 8.53. The lowest BCUT2D eigenvalue weighted by atomic mass is 9.80. The molecule has 34 heavy (non-hydrogen) atoms. The normalized spacial score (nSPS) is 15.6. The maximum absolute atomic E-state index is 12.5. The molecule has 0 bridgehead atoms. The molecule has 5 rings (SSSR count). The van der Waals surface area contributed by atoms with Crippen LogP contribution < -0.4 is 10.9 Å². The number of carbonyl (C=O) groups excluding carboxylic acids is 1. The van der Waals surface area contributed by atoms with Crippen molar-refractivity contribution in [1.82, 2.24) is 25.1 Å². The third kappa shape index (κ3) is 4.43. The molecule has 170 valence electrons. The summed E-state index contributed by atoms with van der Waals surface area (Å²) in [4.78, 5) is 35.4. The highest BCUT2D eigenvalue weighted by Crippen LogP contribution is 2.36. The Morgan fingerprint density at radius 2 is 2.03 bits per heavy atom. The van der Waals surface area contributed by atoms with E-state index in [0.717, 1.165) is 35.6 Å². The van der Waals surface area contributed by atoms with Crippen LogP contribution in [0.2, 0.25) is 0 Å². The van der Waals surface area contributed by atoms with E-state index in [-0.39, 0.29) is 17.4 Å². The molecule has 0 saturated heterocycles. The number of hydrogen-bond acceptors (Lipinski definition) is 6. The number of nitrogens with zero attached hydrogens (tertiary/aromatic N) is 5. The number of H-pyrrole nitrogens is 1. The smallest absolute Gasteiger partial charge is 0.270 e. The van der Waals surface area contributed by atoms with Crippen LogP contribution in [0.1, 0.15) is 65.1 Å². The zero-order chi connectivity index (χ0) is 23.5. The van der Waals surface area contributed by atoms with Crippen molar-refractivity contribution in [3.05, 3.63) is 87.2 Å². The lowest BCUT2D eigenvalue weighted by Crippen LogP contribution is -2.26. The van der Waals surface area contributed by atoms with Crippen LogP contribution in [0.25, 0.3) is 5.95 Å². The molecule has 0 atom stereocenters. The lowest BCUT2D eigenvalue weighted by molar-refractivity contribution is 0.0956. The van der Waals surface area contributed by atoms with Crippen molar-refractivity contribution in [2.75, 3.05) is 6.54 Å². The van der Waals surface area contributed by atoms with E-state index in [0.29, 0.717) is 12.1 Å². The van der Waals surface area contributed by atoms with E-state index in [2.05, 4.69) is 49.6 Å². The molecule has 0 unspecified atom stereocenters. The van der Waals surface area contributed by atoms with Gasteiger partial charge < -0.3 is 5.32 Å². The van der Waals surface area contributed by atoms with Crippen LogP contribution in [0.4, 0.5) is 0 Å². The summed E-state index contributed by atoms with van der Waals surface area (Å²) in [6.07, 6.45) is 11.5. The van der Waals surface area contributed by atoms with Gasteiger partial charge >= 0.3 is 0 Å². The van der Waals surface area contributed by atoms with Crippen molar-refractivity contribution >= 4 is 11.6 Å². The Morgan fingerprint density at radius 3 is 2.68 bits per heavy atom. The summed E-state index contributed by atoms with van der Waals surface area (Å²) in [7, 11) is 0. The van der Waals surface area contributed by atoms with Gasteiger partial charge in [0.2, 0.25) is 5.95 Å². The fourth-order valence-corrected chi connectivity index (χ4v) is 4.05. The van der Waals surface area contributed by atoms with E-state index in [4.69, 9.17) is 5.26 Å². The van der Waals surface area contributed by atoms with Gasteiger partial charge in [0, 0.05) is 24.7 Å². The Hall–Kier alpha value is -4.32. The molecule has 1 aliphatic heterocycles. The van der Waals surface area contributed by atoms with Gasteiger partial charge in [0.1, 0.15) is 11.6 Å². The minimum absolute atomic E-state index is 0.0915. The minimum Gasteiger partial charge on any atom is -0.348 e. The molecule has 0 radical (unpaired) electrons. The van der Waals surface area contributed by atoms with Gasteiger partial charge in [-0.1, -0.05) is 30.7 Å². The van der Waals surface area contributed by atoms with E-state index in [9.17, 15) is 9.59 Å². The van der Waals surface area contributed by atoms with Crippen LogP contribution in [-0.2, 0) is 0 Å². The van der Waals surface area contributed by atoms with Crippen LogP contribution in [0.3, 0.4) is 0 Å². The summed E-state index contributed by atoms with van der Waals surface area (Å²) in [5, 5.41) is 15.8. The first-order chi connectivity index (χ1) is 16.6. The van der Waals surface area contributed by atoms with Crippen LogP contribution in [0, 0.1) is 11.3 Å². The molecular formula is C25H23N7O2. The van der Waals surface area contributed by atoms with Gasteiger partial charge in [0.15, 0.2) is 0 Å². The first-order valence-electron chi connectivity index (χ1n) is 11.3. The van der Waals surface area contributed by atoms with E-state index in [1.165, 1.54) is 48.1 Å². The van der Waals surface area contributed by atoms with Gasteiger partial charge in [-0.25, -0.2) is 9.67 Å². The number of rotatable bonds is 6. The van der Waals surface area contributed by atoms with Crippen LogP contribution in [0.15, 0.2) is 64.4 Å². The molecule has 0 spiro atoms. The molecule has 1 fully saturated rings. The Kier molecular flexibility index (Phi) is 5.87. The third-order valence-corrected chi connectivity index (χ3v) is 6.35. The second-order valence-corrected chi connectivity index (χ2v) is 8.53. The molecule has 2 aliphatic rings. The van der Waals surface area contributed by atoms with Gasteiger partial charge in [0.25, 0.3) is 11.5 Å². The maximum Gasteiger partial charge on any atom is 0.270 e. The van der Waals surface area contributed by atoms with Crippen LogP contribution in [-0.4, -0.2) is 37.9 Å². The van der Waals surface area contributed by atoms with Gasteiger partial charge in [-0.05, 0) is 48.3 Å². The first-order valence-corrected chi connectivity index (χ1v) is 11.3. The molecule has 3 heterocycles. The number of aromatic amines is 1. The number of carbonyl (C=O) groups is 1. The van der Waals surface area contributed by atoms with E-state index in [1.54, 1.807) is 6.07 Å². The molecule has 1 aromatic carbocycles. The number of amides is 1. The summed E-state index contributed by atoms with van der Waals surface area (Å²) in [6, 6.07) is 10.5. The molecule has 1 saturated carbocycles. The minimum atomic E-state index is -0.563. The predicted octanol–water partition coefficient (Wildman–Crippen LogP) is 2.99. The summed E-state index contributed by atoms with van der Waals surface area (Å²) < 4.78 is 1.28. The highest BCUT2D eigenvalue weighted by molar-refractivity contribution is 6.01. The first kappa shape index (κ1) is 21.5. The van der Waals surface area contributed by atoms with E-state index >= 15 is 0 Å². The SMILES string of the molecule is N#Cc1cnc(-n2cc(C(=O)NCC3=CN=C(c4ccc(C5CCC5)cc4)CC3)cn2)[nH]c1=O. The zero-order valence-electron chi connectivity index (χ0n) is 18.5. The van der Waals surface area contributed by atoms with E-state index in [1.807, 2.05) is 6.20 Å². The predicted molar refractivity (Wildman–Crippen MR) is 126 cm³/mol. The Labute approximate surface area is 195 Å². The zero-order valence-corrected chi connectivity index (χ0v) is 18.5. The topological polar surface area (TPSA) is 129 Å². The lowest BCUT2D eigenvalue weighted by Gasteiger charge is -2.26. The molecule has 9 nitrogen and oxygen atoms in total. The van der Waals surface area contributed by atoms with Crippen molar-refractivity contribution in [3.8, 4) is 12.0 Å². The Morgan fingerprint density at radius 1 is 1.21 bits per heavy atom. The van der Waals surface area contributed by atoms with Crippen molar-refractivity contribution in [2.24, 2.45) is 4.99 Å². The summed E-state index contributed by atoms with van der Waals surface area (Å²) in [5.74, 6) is 0.567. The monoisotopic (exact) mass is 453 g/mol. The van der Waals surface area contributed by atoms with Crippen molar-refractivity contribution < 1.29 is 4.79 Å². The molecule has 3 aromatic rings. The van der Waals surface area contributed by atoms with Gasteiger partial charge in [-0.3, -0.25) is 19.6 Å². The number of nitriles is 1. The average Bonchev–Trinajstić information content (AvgIpc) is 3.33. The number of nitrogens with one attached hydrogen (secondary N) is 2. The molecule has 2 aromatic heterocycles. The van der Waals surface area contributed by atoms with Crippen molar-refractivity contribution in [1.29, 1.82) is 5.26 Å². The number of aliphatic imine (C=N–C) groups is 1. The van der Waals surface area contributed by atoms with Gasteiger partial charge in [-0.2, -0.15) is 10.4 Å². The molecule has 2 N–H and O–H groups in total.